The lowest BCUT2D eigenvalue weighted by Crippen LogP contribution is -2.45. The number of urea groups is 1. The molecule has 2 amide bonds. The van der Waals surface area contributed by atoms with Crippen LogP contribution in [0.5, 0.6) is 0 Å². The molecule has 2 aromatic heterocycles. The van der Waals surface area contributed by atoms with Crippen LogP contribution in [0.3, 0.4) is 0 Å². The van der Waals surface area contributed by atoms with E-state index in [-0.39, 0.29) is 18.1 Å². The van der Waals surface area contributed by atoms with Crippen LogP contribution in [0.15, 0.2) is 72.9 Å². The lowest BCUT2D eigenvalue weighted by Gasteiger charge is -2.32. The van der Waals surface area contributed by atoms with Crippen LogP contribution in [-0.2, 0) is 6.54 Å². The van der Waals surface area contributed by atoms with Crippen LogP contribution in [0.1, 0.15) is 54.2 Å². The van der Waals surface area contributed by atoms with Gasteiger partial charge >= 0.3 is 6.03 Å². The van der Waals surface area contributed by atoms with E-state index in [1.54, 1.807) is 0 Å². The smallest absolute Gasteiger partial charge is 0.318 e. The van der Waals surface area contributed by atoms with E-state index in [0.717, 1.165) is 46.9 Å². The minimum Gasteiger partial charge on any atom is -0.335 e. The Morgan fingerprint density at radius 3 is 2.60 bits per heavy atom. The number of nitrogens with one attached hydrogen (secondary N) is 1. The number of benzene rings is 2. The van der Waals surface area contributed by atoms with Crippen molar-refractivity contribution in [2.75, 3.05) is 0 Å². The fraction of sp³-hybridized carbons (Fsp3) is 0.286. The largest absolute Gasteiger partial charge is 0.335 e. The average Bonchev–Trinajstić information content (AvgIpc) is 3.59. The Hall–Kier alpha value is -3.51. The third-order valence-electron chi connectivity index (χ3n) is 7.19. The second-order valence-electron chi connectivity index (χ2n) is 9.45. The van der Waals surface area contributed by atoms with Crippen LogP contribution in [-0.4, -0.2) is 31.3 Å². The van der Waals surface area contributed by atoms with Gasteiger partial charge in [0.25, 0.3) is 0 Å². The molecule has 1 aliphatic carbocycles. The zero-order valence-corrected chi connectivity index (χ0v) is 20.4. The second-order valence-corrected chi connectivity index (χ2v) is 9.89. The molecule has 3 heterocycles. The summed E-state index contributed by atoms with van der Waals surface area (Å²) >= 11 is 6.43. The molecule has 1 N–H and O–H groups in total. The zero-order valence-electron chi connectivity index (χ0n) is 19.7. The molecule has 1 fully saturated rings. The van der Waals surface area contributed by atoms with Crippen LogP contribution < -0.4 is 5.32 Å². The number of para-hydroxylation sites is 1. The monoisotopic (exact) mass is 485 g/mol. The van der Waals surface area contributed by atoms with E-state index >= 15 is 0 Å². The number of aromatic nitrogens is 3. The van der Waals surface area contributed by atoms with Crippen molar-refractivity contribution in [2.45, 2.75) is 51.2 Å². The molecule has 0 radical (unpaired) electrons. The molecule has 1 saturated carbocycles. The van der Waals surface area contributed by atoms with Crippen LogP contribution in [0.4, 0.5) is 4.79 Å². The maximum atomic E-state index is 13.9. The molecule has 7 heteroatoms. The Kier molecular flexibility index (Phi) is 5.61. The van der Waals surface area contributed by atoms with E-state index in [1.165, 1.54) is 12.8 Å². The van der Waals surface area contributed by atoms with Crippen molar-refractivity contribution in [3.8, 4) is 11.5 Å². The summed E-state index contributed by atoms with van der Waals surface area (Å²) in [6.07, 6.45) is 6.46. The number of hydrogen-bond donors (Lipinski definition) is 1. The van der Waals surface area contributed by atoms with Gasteiger partial charge < -0.3 is 14.8 Å². The predicted octanol–water partition coefficient (Wildman–Crippen LogP) is 6.18. The maximum absolute atomic E-state index is 13.9. The number of amides is 2. The Bertz CT molecular complexity index is 1370. The van der Waals surface area contributed by atoms with Crippen LogP contribution in [0, 0.1) is 6.92 Å². The highest BCUT2D eigenvalue weighted by Gasteiger charge is 2.36. The molecule has 178 valence electrons. The van der Waals surface area contributed by atoms with Gasteiger partial charge in [-0.15, -0.1) is 0 Å². The number of carbonyl (C=O) groups excluding carboxylic acids is 1. The number of nitrogens with zero attached hydrogens (tertiary/aromatic N) is 4. The Morgan fingerprint density at radius 2 is 1.83 bits per heavy atom. The van der Waals surface area contributed by atoms with E-state index in [2.05, 4.69) is 40.3 Å². The minimum atomic E-state index is -0.291. The molecule has 35 heavy (non-hydrogen) atoms. The van der Waals surface area contributed by atoms with Crippen LogP contribution >= 0.6 is 11.6 Å². The van der Waals surface area contributed by atoms with Crippen molar-refractivity contribution in [3.05, 3.63) is 100 Å². The highest BCUT2D eigenvalue weighted by Crippen LogP contribution is 2.39. The SMILES string of the molecule is Cc1nn(-c2ccccc2)c2c1CN(C(=O)NC1CCCC1)[C@@H](c1cccc(Cl)c1)c1cccn1-2. The van der Waals surface area contributed by atoms with Gasteiger partial charge in [0.15, 0.2) is 0 Å². The zero-order chi connectivity index (χ0) is 23.9. The first-order chi connectivity index (χ1) is 17.1. The minimum absolute atomic E-state index is 0.0469. The highest BCUT2D eigenvalue weighted by atomic mass is 35.5. The fourth-order valence-electron chi connectivity index (χ4n) is 5.50. The summed E-state index contributed by atoms with van der Waals surface area (Å²) in [5, 5.41) is 8.89. The van der Waals surface area contributed by atoms with E-state index in [0.29, 0.717) is 11.6 Å². The van der Waals surface area contributed by atoms with Crippen molar-refractivity contribution in [2.24, 2.45) is 0 Å². The van der Waals surface area contributed by atoms with Gasteiger partial charge in [-0.3, -0.25) is 0 Å². The first-order valence-corrected chi connectivity index (χ1v) is 12.6. The molecule has 0 unspecified atom stereocenters. The van der Waals surface area contributed by atoms with Crippen molar-refractivity contribution in [3.63, 3.8) is 0 Å². The Morgan fingerprint density at radius 1 is 1.03 bits per heavy atom. The van der Waals surface area contributed by atoms with Gasteiger partial charge in [0.1, 0.15) is 5.82 Å². The molecule has 0 saturated heterocycles. The number of halogens is 1. The van der Waals surface area contributed by atoms with Gasteiger partial charge in [0.2, 0.25) is 0 Å². The first kappa shape index (κ1) is 22.0. The molecule has 2 aliphatic rings. The van der Waals surface area contributed by atoms with Crippen molar-refractivity contribution < 1.29 is 4.79 Å². The standard InChI is InChI=1S/C28H28ClN5O/c1-19-24-18-33(28(35)30-22-11-5-6-12-22)26(20-9-7-10-21(29)17-20)25-15-8-16-32(25)27(24)34(31-19)23-13-3-2-4-14-23/h2-4,7-10,13-17,22,26H,5-6,11-12,18H2,1H3,(H,30,35)/t26-/m0/s1. The van der Waals surface area contributed by atoms with Crippen LogP contribution in [0.25, 0.3) is 11.5 Å². The maximum Gasteiger partial charge on any atom is 0.318 e. The lowest BCUT2D eigenvalue weighted by molar-refractivity contribution is 0.176. The summed E-state index contributed by atoms with van der Waals surface area (Å²) in [4.78, 5) is 15.8. The molecule has 1 aliphatic heterocycles. The molecular weight excluding hydrogens is 458 g/mol. The van der Waals surface area contributed by atoms with Gasteiger partial charge in [-0.1, -0.05) is 54.8 Å². The lowest BCUT2D eigenvalue weighted by atomic mass is 10.0. The van der Waals surface area contributed by atoms with Crippen LogP contribution in [0.2, 0.25) is 5.02 Å². The van der Waals surface area contributed by atoms with Gasteiger partial charge in [-0.2, -0.15) is 5.10 Å². The number of hydrogen-bond acceptors (Lipinski definition) is 2. The predicted molar refractivity (Wildman–Crippen MR) is 137 cm³/mol. The summed E-state index contributed by atoms with van der Waals surface area (Å²) in [6.45, 7) is 2.47. The quantitative estimate of drug-likeness (QED) is 0.376. The molecule has 4 aromatic rings. The number of rotatable bonds is 3. The topological polar surface area (TPSA) is 55.1 Å². The third kappa shape index (κ3) is 3.92. The molecule has 2 aromatic carbocycles. The molecular formula is C28H28ClN5O. The normalized spacial score (nSPS) is 17.7. The average molecular weight is 486 g/mol. The van der Waals surface area contributed by atoms with E-state index in [9.17, 15) is 4.79 Å². The first-order valence-electron chi connectivity index (χ1n) is 12.2. The Labute approximate surface area is 210 Å². The van der Waals surface area contributed by atoms with Gasteiger partial charge in [0.05, 0.1) is 29.7 Å². The van der Waals surface area contributed by atoms with E-state index < -0.39 is 0 Å². The van der Waals surface area contributed by atoms with Crippen molar-refractivity contribution in [1.29, 1.82) is 0 Å². The number of aryl methyl sites for hydroxylation is 1. The van der Waals surface area contributed by atoms with Crippen molar-refractivity contribution >= 4 is 17.6 Å². The molecule has 1 atom stereocenters. The highest BCUT2D eigenvalue weighted by molar-refractivity contribution is 6.30. The number of carbonyl (C=O) groups is 1. The summed E-state index contributed by atoms with van der Waals surface area (Å²) in [7, 11) is 0. The van der Waals surface area contributed by atoms with Gasteiger partial charge in [-0.05, 0) is 61.7 Å². The molecule has 0 spiro atoms. The fourth-order valence-corrected chi connectivity index (χ4v) is 5.70. The van der Waals surface area contributed by atoms with E-state index in [4.69, 9.17) is 16.7 Å². The van der Waals surface area contributed by atoms with Gasteiger partial charge in [0, 0.05) is 22.8 Å². The van der Waals surface area contributed by atoms with Gasteiger partial charge in [-0.25, -0.2) is 9.48 Å². The summed E-state index contributed by atoms with van der Waals surface area (Å²) < 4.78 is 4.17. The summed E-state index contributed by atoms with van der Waals surface area (Å²) in [5.74, 6) is 0.969. The van der Waals surface area contributed by atoms with E-state index in [1.807, 2.05) is 59.0 Å². The summed E-state index contributed by atoms with van der Waals surface area (Å²) in [5.41, 5.74) is 4.93. The Balaban J connectivity index is 1.53. The molecule has 6 nitrogen and oxygen atoms in total. The molecule has 0 bridgehead atoms. The third-order valence-corrected chi connectivity index (χ3v) is 7.43. The second kappa shape index (κ2) is 8.93. The number of fused-ring (bicyclic) bond motifs is 3. The molecule has 6 rings (SSSR count). The van der Waals surface area contributed by atoms with Crippen molar-refractivity contribution in [1.82, 2.24) is 24.6 Å². The summed E-state index contributed by atoms with van der Waals surface area (Å²) in [6, 6.07) is 22.0.